The fraction of sp³-hybridized carbons (Fsp3) is 1.00. The van der Waals surface area contributed by atoms with Crippen LogP contribution < -0.4 is 4.72 Å². The summed E-state index contributed by atoms with van der Waals surface area (Å²) in [7, 11) is -3.21. The third-order valence-electron chi connectivity index (χ3n) is 3.42. The molecule has 1 N–H and O–H groups in total. The average Bonchev–Trinajstić information content (AvgIpc) is 2.75. The van der Waals surface area contributed by atoms with Crippen molar-refractivity contribution in [1.29, 1.82) is 0 Å². The predicted octanol–water partition coefficient (Wildman–Crippen LogP) is 2.29. The van der Waals surface area contributed by atoms with Gasteiger partial charge in [-0.15, -0.1) is 0 Å². The minimum atomic E-state index is -3.21. The van der Waals surface area contributed by atoms with Crippen LogP contribution in [0.5, 0.6) is 0 Å². The summed E-state index contributed by atoms with van der Waals surface area (Å²) in [5, 5.41) is 0.866. The van der Waals surface area contributed by atoms with Crippen LogP contribution in [-0.2, 0) is 14.8 Å². The Balaban J connectivity index is 2.36. The molecule has 0 heterocycles. The molecule has 0 aromatic heterocycles. The van der Waals surface area contributed by atoms with Gasteiger partial charge in [0.05, 0.1) is 18.5 Å². The van der Waals surface area contributed by atoms with E-state index in [0.717, 1.165) is 18.2 Å². The number of hydrogen-bond acceptors (Lipinski definition) is 3. The largest absolute Gasteiger partial charge is 0.378 e. The van der Waals surface area contributed by atoms with E-state index < -0.39 is 10.0 Å². The number of halogens is 1. The Bertz CT molecular complexity index is 337. The van der Waals surface area contributed by atoms with Gasteiger partial charge in [0.15, 0.2) is 0 Å². The van der Waals surface area contributed by atoms with Gasteiger partial charge in [-0.05, 0) is 32.1 Å². The van der Waals surface area contributed by atoms with Crippen molar-refractivity contribution in [3.05, 3.63) is 0 Å². The monoisotopic (exact) mass is 341 g/mol. The van der Waals surface area contributed by atoms with Crippen molar-refractivity contribution in [2.75, 3.05) is 24.2 Å². The zero-order valence-electron chi connectivity index (χ0n) is 11.2. The van der Waals surface area contributed by atoms with Crippen LogP contribution in [0, 0.1) is 5.41 Å². The molecule has 0 radical (unpaired) electrons. The average molecular weight is 342 g/mol. The van der Waals surface area contributed by atoms with E-state index >= 15 is 0 Å². The van der Waals surface area contributed by atoms with Crippen molar-refractivity contribution >= 4 is 26.0 Å². The van der Waals surface area contributed by atoms with Gasteiger partial charge in [-0.3, -0.25) is 0 Å². The molecule has 0 aromatic carbocycles. The van der Waals surface area contributed by atoms with E-state index in [1.165, 1.54) is 12.8 Å². The molecule has 0 amide bonds. The number of ether oxygens (including phenoxy) is 1. The molecule has 18 heavy (non-hydrogen) atoms. The number of nitrogens with one attached hydrogen (secondary N) is 1. The van der Waals surface area contributed by atoms with Gasteiger partial charge in [0, 0.05) is 11.9 Å². The summed E-state index contributed by atoms with van der Waals surface area (Å²) in [5.74, 6) is 0.0452. The van der Waals surface area contributed by atoms with Crippen molar-refractivity contribution in [2.45, 2.75) is 45.6 Å². The number of alkyl halides is 1. The first-order chi connectivity index (χ1) is 8.39. The van der Waals surface area contributed by atoms with Gasteiger partial charge in [-0.1, -0.05) is 28.8 Å². The Morgan fingerprint density at radius 1 is 1.33 bits per heavy atom. The van der Waals surface area contributed by atoms with Crippen LogP contribution in [0.25, 0.3) is 0 Å². The molecule has 1 saturated carbocycles. The van der Waals surface area contributed by atoms with E-state index in [1.54, 1.807) is 0 Å². The van der Waals surface area contributed by atoms with E-state index in [1.807, 2.05) is 13.8 Å². The second-order valence-electron chi connectivity index (χ2n) is 5.40. The summed E-state index contributed by atoms with van der Waals surface area (Å²) in [6.07, 6.45) is 4.67. The highest BCUT2D eigenvalue weighted by Crippen LogP contribution is 2.39. The molecule has 0 aliphatic heterocycles. The van der Waals surface area contributed by atoms with Crippen LogP contribution >= 0.6 is 15.9 Å². The minimum absolute atomic E-state index is 0.0452. The quantitative estimate of drug-likeness (QED) is 0.689. The van der Waals surface area contributed by atoms with Crippen LogP contribution in [0.1, 0.15) is 39.5 Å². The Labute approximate surface area is 119 Å². The molecular formula is C12H24BrNO3S. The molecule has 0 atom stereocenters. The Hall–Kier alpha value is 0.350. The van der Waals surface area contributed by atoms with E-state index in [-0.39, 0.29) is 23.9 Å². The van der Waals surface area contributed by atoms with Gasteiger partial charge in [-0.25, -0.2) is 13.1 Å². The maximum Gasteiger partial charge on any atom is 0.213 e. The zero-order chi connectivity index (χ0) is 13.6. The highest BCUT2D eigenvalue weighted by Gasteiger charge is 2.33. The van der Waals surface area contributed by atoms with E-state index in [2.05, 4.69) is 20.7 Å². The zero-order valence-corrected chi connectivity index (χ0v) is 13.6. The van der Waals surface area contributed by atoms with Crippen molar-refractivity contribution < 1.29 is 13.2 Å². The van der Waals surface area contributed by atoms with Crippen molar-refractivity contribution in [3.63, 3.8) is 0 Å². The van der Waals surface area contributed by atoms with Crippen molar-refractivity contribution in [1.82, 2.24) is 4.72 Å². The first-order valence-corrected chi connectivity index (χ1v) is 9.31. The predicted molar refractivity (Wildman–Crippen MR) is 77.6 cm³/mol. The first kappa shape index (κ1) is 16.4. The van der Waals surface area contributed by atoms with Gasteiger partial charge in [-0.2, -0.15) is 0 Å². The summed E-state index contributed by atoms with van der Waals surface area (Å²) >= 11 is 3.51. The highest BCUT2D eigenvalue weighted by atomic mass is 79.9. The first-order valence-electron chi connectivity index (χ1n) is 6.54. The van der Waals surface area contributed by atoms with Crippen LogP contribution in [0.15, 0.2) is 0 Å². The number of hydrogen-bond donors (Lipinski definition) is 1. The van der Waals surface area contributed by atoms with Gasteiger partial charge < -0.3 is 4.74 Å². The summed E-state index contributed by atoms with van der Waals surface area (Å²) < 4.78 is 31.6. The standard InChI is InChI=1S/C12H24BrNO3S/c1-11(2)17-7-8-18(15,16)14-10-12(9-13)5-3-4-6-12/h11,14H,3-10H2,1-2H3. The maximum atomic E-state index is 11.8. The van der Waals surface area contributed by atoms with Crippen LogP contribution in [-0.4, -0.2) is 38.8 Å². The molecule has 1 fully saturated rings. The third-order valence-corrected chi connectivity index (χ3v) is 5.90. The minimum Gasteiger partial charge on any atom is -0.378 e. The van der Waals surface area contributed by atoms with Gasteiger partial charge >= 0.3 is 0 Å². The lowest BCUT2D eigenvalue weighted by molar-refractivity contribution is 0.0911. The molecule has 1 aliphatic carbocycles. The highest BCUT2D eigenvalue weighted by molar-refractivity contribution is 9.09. The van der Waals surface area contributed by atoms with Gasteiger partial charge in [0.1, 0.15) is 0 Å². The van der Waals surface area contributed by atoms with E-state index in [9.17, 15) is 8.42 Å². The molecular weight excluding hydrogens is 318 g/mol. The van der Waals surface area contributed by atoms with Gasteiger partial charge in [0.25, 0.3) is 0 Å². The molecule has 1 rings (SSSR count). The van der Waals surface area contributed by atoms with Crippen LogP contribution in [0.4, 0.5) is 0 Å². The Morgan fingerprint density at radius 2 is 1.94 bits per heavy atom. The Morgan fingerprint density at radius 3 is 2.44 bits per heavy atom. The lowest BCUT2D eigenvalue weighted by atomic mass is 9.89. The molecule has 108 valence electrons. The molecule has 1 aliphatic rings. The van der Waals surface area contributed by atoms with Crippen LogP contribution in [0.3, 0.4) is 0 Å². The topological polar surface area (TPSA) is 55.4 Å². The summed E-state index contributed by atoms with van der Waals surface area (Å²) in [6, 6.07) is 0. The van der Waals surface area contributed by atoms with Crippen LogP contribution in [0.2, 0.25) is 0 Å². The third kappa shape index (κ3) is 5.55. The second-order valence-corrected chi connectivity index (χ2v) is 7.89. The van der Waals surface area contributed by atoms with Crippen molar-refractivity contribution in [3.8, 4) is 0 Å². The molecule has 0 bridgehead atoms. The lowest BCUT2D eigenvalue weighted by Crippen LogP contribution is -2.38. The molecule has 0 unspecified atom stereocenters. The van der Waals surface area contributed by atoms with E-state index in [4.69, 9.17) is 4.74 Å². The smallest absolute Gasteiger partial charge is 0.213 e. The molecule has 4 nitrogen and oxygen atoms in total. The summed E-state index contributed by atoms with van der Waals surface area (Å²) in [4.78, 5) is 0. The number of sulfonamides is 1. The van der Waals surface area contributed by atoms with Crippen molar-refractivity contribution in [2.24, 2.45) is 5.41 Å². The maximum absolute atomic E-state index is 11.8. The summed E-state index contributed by atoms with van der Waals surface area (Å²) in [6.45, 7) is 4.60. The second kappa shape index (κ2) is 7.22. The fourth-order valence-corrected chi connectivity index (χ4v) is 3.96. The summed E-state index contributed by atoms with van der Waals surface area (Å²) in [5.41, 5.74) is 0.117. The fourth-order valence-electron chi connectivity index (χ4n) is 2.21. The molecule has 6 heteroatoms. The molecule has 0 spiro atoms. The lowest BCUT2D eigenvalue weighted by Gasteiger charge is -2.26. The normalized spacial score (nSPS) is 19.6. The molecule has 0 aromatic rings. The van der Waals surface area contributed by atoms with E-state index in [0.29, 0.717) is 6.54 Å². The number of rotatable bonds is 8. The SMILES string of the molecule is CC(C)OCCS(=O)(=O)NCC1(CBr)CCCC1. The van der Waals surface area contributed by atoms with Gasteiger partial charge in [0.2, 0.25) is 10.0 Å². The Kier molecular flexibility index (Phi) is 6.58. The molecule has 0 saturated heterocycles.